The summed E-state index contributed by atoms with van der Waals surface area (Å²) in [5.74, 6) is 1.95. The zero-order chi connectivity index (χ0) is 29.8. The molecule has 0 rings (SSSR count). The van der Waals surface area contributed by atoms with Crippen LogP contribution in [0.3, 0.4) is 0 Å². The highest BCUT2D eigenvalue weighted by Crippen LogP contribution is 2.50. The summed E-state index contributed by atoms with van der Waals surface area (Å²) < 4.78 is 43.4. The fourth-order valence-corrected chi connectivity index (χ4v) is 4.57. The lowest BCUT2D eigenvalue weighted by molar-refractivity contribution is 0.180. The van der Waals surface area contributed by atoms with Crippen LogP contribution in [0, 0.1) is 11.8 Å². The molecule has 0 heterocycles. The van der Waals surface area contributed by atoms with Crippen molar-refractivity contribution in [3.05, 3.63) is 35.2 Å². The Morgan fingerprint density at radius 1 is 0.778 bits per heavy atom. The van der Waals surface area contributed by atoms with Crippen LogP contribution in [0.25, 0.3) is 0 Å². The van der Waals surface area contributed by atoms with Gasteiger partial charge in [-0.3, -0.25) is 13.7 Å². The van der Waals surface area contributed by atoms with Crippen LogP contribution in [0.4, 0.5) is 0 Å². The maximum absolute atomic E-state index is 11.8. The summed E-state index contributed by atoms with van der Waals surface area (Å²) in [7, 11) is -11.2. The van der Waals surface area contributed by atoms with E-state index in [4.69, 9.17) is 51.8 Å². The van der Waals surface area contributed by atoms with Gasteiger partial charge in [0.25, 0.3) is 0 Å². The highest BCUT2D eigenvalue weighted by Gasteiger charge is 2.22. The van der Waals surface area contributed by atoms with E-state index >= 15 is 0 Å². The highest BCUT2D eigenvalue weighted by molar-refractivity contribution is 7.57. The standard InChI is InChI=1S/C10H21O3P.2C6H12ClO3P/c1-6-14(11,12-7-9(2)3)13-8-10(4)5;2*1-5(11(8,9)10)4-6(2,3)7/h6,9-10H,1,7-8H2,2-5H3;2*4H,1-3H3,(H2,8,9,10). The van der Waals surface area contributed by atoms with Crippen LogP contribution in [0.1, 0.15) is 69.2 Å². The Hall–Kier alpha value is 0.250. The van der Waals surface area contributed by atoms with Crippen molar-refractivity contribution in [2.45, 2.75) is 79.0 Å². The molecule has 0 amide bonds. The van der Waals surface area contributed by atoms with Crippen molar-refractivity contribution >= 4 is 46.0 Å². The Kier molecular flexibility index (Phi) is 19.3. The maximum atomic E-state index is 11.8. The molecule has 4 N–H and O–H groups in total. The molecule has 36 heavy (non-hydrogen) atoms. The summed E-state index contributed by atoms with van der Waals surface area (Å²) in [4.78, 5) is 33.1. The van der Waals surface area contributed by atoms with E-state index in [0.29, 0.717) is 25.0 Å². The molecule has 14 heteroatoms. The largest absolute Gasteiger partial charge is 0.353 e. The zero-order valence-electron chi connectivity index (χ0n) is 22.9. The van der Waals surface area contributed by atoms with Gasteiger partial charge in [0.2, 0.25) is 0 Å². The van der Waals surface area contributed by atoms with Gasteiger partial charge in [-0.25, -0.2) is 0 Å². The molecular weight excluding hydrogens is 572 g/mol. The smallest absolute Gasteiger partial charge is 0.321 e. The van der Waals surface area contributed by atoms with E-state index in [0.717, 1.165) is 0 Å². The molecule has 0 aliphatic heterocycles. The third-order valence-corrected chi connectivity index (χ3v) is 7.20. The van der Waals surface area contributed by atoms with Crippen molar-refractivity contribution in [2.24, 2.45) is 11.8 Å². The Bertz CT molecular complexity index is 795. The molecule has 0 radical (unpaired) electrons. The number of hydrogen-bond acceptors (Lipinski definition) is 5. The van der Waals surface area contributed by atoms with E-state index < -0.39 is 32.5 Å². The molecule has 0 spiro atoms. The first-order chi connectivity index (χ1) is 15.6. The molecule has 0 saturated heterocycles. The van der Waals surface area contributed by atoms with Gasteiger partial charge in [-0.05, 0) is 53.4 Å². The van der Waals surface area contributed by atoms with Gasteiger partial charge in [0, 0.05) is 16.4 Å². The van der Waals surface area contributed by atoms with Gasteiger partial charge in [0.1, 0.15) is 0 Å². The third-order valence-electron chi connectivity index (χ3n) is 3.42. The van der Waals surface area contributed by atoms with Crippen LogP contribution in [-0.4, -0.2) is 42.5 Å². The second kappa shape index (κ2) is 17.0. The van der Waals surface area contributed by atoms with Gasteiger partial charge in [-0.15, -0.1) is 23.2 Å². The molecule has 0 fully saturated rings. The van der Waals surface area contributed by atoms with Crippen LogP contribution in [-0.2, 0) is 22.7 Å². The van der Waals surface area contributed by atoms with Crippen molar-refractivity contribution < 1.29 is 42.3 Å². The van der Waals surface area contributed by atoms with E-state index in [1.54, 1.807) is 27.7 Å². The van der Waals surface area contributed by atoms with Crippen LogP contribution in [0.5, 0.6) is 0 Å². The van der Waals surface area contributed by atoms with E-state index in [1.807, 2.05) is 27.7 Å². The number of hydrogen-bond donors (Lipinski definition) is 4. The minimum atomic E-state index is -4.08. The van der Waals surface area contributed by atoms with Gasteiger partial charge in [0.15, 0.2) is 0 Å². The SMILES string of the molecule is C=CP(=O)(OCC(C)C)OCC(C)C.CC(=CC(C)(C)Cl)P(=O)(O)O.CC(=CC(C)(C)Cl)P(=O)(O)O. The lowest BCUT2D eigenvalue weighted by Crippen LogP contribution is -2.05. The molecule has 0 aromatic heterocycles. The second-order valence-corrected chi connectivity index (χ2v) is 17.4. The monoisotopic (exact) mass is 616 g/mol. The molecule has 216 valence electrons. The van der Waals surface area contributed by atoms with Gasteiger partial charge in [0.05, 0.1) is 23.0 Å². The Balaban J connectivity index is -0.000000459. The number of halogens is 2. The second-order valence-electron chi connectivity index (χ2n) is 9.89. The average Bonchev–Trinajstić information content (AvgIpc) is 2.61. The Labute approximate surface area is 227 Å². The molecule has 0 aliphatic carbocycles. The van der Waals surface area contributed by atoms with Gasteiger partial charge in [-0.1, -0.05) is 46.4 Å². The highest BCUT2D eigenvalue weighted by atomic mass is 35.5. The minimum Gasteiger partial charge on any atom is -0.321 e. The van der Waals surface area contributed by atoms with Gasteiger partial charge in [-0.2, -0.15) is 0 Å². The molecule has 0 atom stereocenters. The summed E-state index contributed by atoms with van der Waals surface area (Å²) in [5, 5.41) is 0.0231. The quantitative estimate of drug-likeness (QED) is 0.134. The topological polar surface area (TPSA) is 151 Å². The van der Waals surface area contributed by atoms with Crippen LogP contribution in [0.2, 0.25) is 0 Å². The minimum absolute atomic E-state index is 0.0116. The summed E-state index contributed by atoms with van der Waals surface area (Å²) in [6.45, 7) is 21.7. The lowest BCUT2D eigenvalue weighted by atomic mass is 10.2. The van der Waals surface area contributed by atoms with E-state index in [1.165, 1.54) is 31.8 Å². The predicted molar refractivity (Wildman–Crippen MR) is 151 cm³/mol. The normalized spacial score (nSPS) is 14.2. The van der Waals surface area contributed by atoms with Crippen LogP contribution < -0.4 is 0 Å². The number of alkyl halides is 2. The maximum Gasteiger partial charge on any atom is 0.353 e. The fourth-order valence-electron chi connectivity index (χ4n) is 1.81. The van der Waals surface area contributed by atoms with Crippen LogP contribution in [0.15, 0.2) is 35.2 Å². The zero-order valence-corrected chi connectivity index (χ0v) is 27.1. The lowest BCUT2D eigenvalue weighted by Gasteiger charge is -2.17. The summed E-state index contributed by atoms with van der Waals surface area (Å²) in [5.41, 5.74) is 0. The Morgan fingerprint density at radius 2 is 1.03 bits per heavy atom. The first-order valence-corrected chi connectivity index (χ1v) is 16.7. The van der Waals surface area contributed by atoms with Crippen LogP contribution >= 0.6 is 46.0 Å². The molecule has 0 aromatic rings. The first kappa shape index (κ1) is 40.7. The average molecular weight is 617 g/mol. The fraction of sp³-hybridized carbons (Fsp3) is 0.727. The molecular formula is C22H45Cl2O9P3. The summed E-state index contributed by atoms with van der Waals surface area (Å²) >= 11 is 11.4. The van der Waals surface area contributed by atoms with Crippen molar-refractivity contribution in [1.82, 2.24) is 0 Å². The van der Waals surface area contributed by atoms with Crippen molar-refractivity contribution in [2.75, 3.05) is 13.2 Å². The van der Waals surface area contributed by atoms with Crippen molar-refractivity contribution in [3.8, 4) is 0 Å². The molecule has 0 unspecified atom stereocenters. The van der Waals surface area contributed by atoms with Crippen molar-refractivity contribution in [3.63, 3.8) is 0 Å². The van der Waals surface area contributed by atoms with E-state index in [-0.39, 0.29) is 10.6 Å². The summed E-state index contributed by atoms with van der Waals surface area (Å²) in [6.07, 6.45) is 2.71. The third kappa shape index (κ3) is 27.3. The molecule has 0 aliphatic rings. The number of allylic oxidation sites excluding steroid dienone is 4. The van der Waals surface area contributed by atoms with E-state index in [2.05, 4.69) is 6.58 Å². The van der Waals surface area contributed by atoms with Crippen molar-refractivity contribution in [1.29, 1.82) is 0 Å². The predicted octanol–water partition coefficient (Wildman–Crippen LogP) is 7.84. The van der Waals surface area contributed by atoms with Gasteiger partial charge >= 0.3 is 22.8 Å². The molecule has 0 saturated carbocycles. The molecule has 9 nitrogen and oxygen atoms in total. The molecule has 0 aromatic carbocycles. The molecule has 0 bridgehead atoms. The van der Waals surface area contributed by atoms with Gasteiger partial charge < -0.3 is 28.6 Å². The first-order valence-electron chi connectivity index (χ1n) is 11.1. The van der Waals surface area contributed by atoms with E-state index in [9.17, 15) is 13.7 Å². The number of rotatable bonds is 11. The summed E-state index contributed by atoms with van der Waals surface area (Å²) in [6, 6.07) is 0. The Morgan fingerprint density at radius 3 is 1.14 bits per heavy atom.